The summed E-state index contributed by atoms with van der Waals surface area (Å²) < 4.78 is 18.2. The summed E-state index contributed by atoms with van der Waals surface area (Å²) in [6.45, 7) is 0.649. The van der Waals surface area contributed by atoms with E-state index in [2.05, 4.69) is 20.6 Å². The molecule has 1 aromatic heterocycles. The van der Waals surface area contributed by atoms with Gasteiger partial charge in [0.05, 0.1) is 19.5 Å². The van der Waals surface area contributed by atoms with Crippen LogP contribution in [0.1, 0.15) is 16.1 Å². The molecule has 2 N–H and O–H groups in total. The molecule has 1 heterocycles. The number of rotatable bonds is 7. The number of amides is 1. The third kappa shape index (κ3) is 5.01. The molecule has 0 bridgehead atoms. The first-order chi connectivity index (χ1) is 13.2. The highest BCUT2D eigenvalue weighted by molar-refractivity contribution is 6.02. The molecule has 3 aromatic rings. The largest absolute Gasteiger partial charge is 0.496 e. The van der Waals surface area contributed by atoms with E-state index in [0.717, 1.165) is 17.7 Å². The number of hydrogen-bond acceptors (Lipinski definition) is 5. The Morgan fingerprint density at radius 1 is 1.07 bits per heavy atom. The molecule has 0 aliphatic rings. The van der Waals surface area contributed by atoms with Gasteiger partial charge in [-0.15, -0.1) is 0 Å². The van der Waals surface area contributed by atoms with Crippen molar-refractivity contribution in [3.8, 4) is 5.75 Å². The van der Waals surface area contributed by atoms with Gasteiger partial charge >= 0.3 is 0 Å². The topological polar surface area (TPSA) is 76.1 Å². The van der Waals surface area contributed by atoms with E-state index < -0.39 is 5.91 Å². The van der Waals surface area contributed by atoms with Crippen LogP contribution in [0.3, 0.4) is 0 Å². The van der Waals surface area contributed by atoms with E-state index in [1.165, 1.54) is 36.7 Å². The number of benzene rings is 2. The number of ether oxygens (including phenoxy) is 1. The van der Waals surface area contributed by atoms with Crippen LogP contribution in [0, 0.1) is 5.82 Å². The van der Waals surface area contributed by atoms with Gasteiger partial charge in [0, 0.05) is 12.2 Å². The van der Waals surface area contributed by atoms with Crippen LogP contribution < -0.4 is 15.4 Å². The van der Waals surface area contributed by atoms with Crippen molar-refractivity contribution in [1.29, 1.82) is 0 Å². The molecule has 0 unspecified atom stereocenters. The highest BCUT2D eigenvalue weighted by Gasteiger charge is 2.09. The maximum atomic E-state index is 12.9. The lowest BCUT2D eigenvalue weighted by atomic mass is 10.1. The molecule has 0 saturated heterocycles. The molecule has 0 radical (unpaired) electrons. The third-order valence-electron chi connectivity index (χ3n) is 3.88. The Morgan fingerprint density at radius 3 is 2.56 bits per heavy atom. The van der Waals surface area contributed by atoms with Gasteiger partial charge in [0.15, 0.2) is 0 Å². The molecule has 0 aliphatic carbocycles. The summed E-state index contributed by atoms with van der Waals surface area (Å²) in [5, 5.41) is 5.80. The molecular formula is C20H19FN4O2. The highest BCUT2D eigenvalue weighted by atomic mass is 19.1. The van der Waals surface area contributed by atoms with Crippen molar-refractivity contribution >= 4 is 17.4 Å². The molecule has 0 aliphatic heterocycles. The molecule has 3 rings (SSSR count). The summed E-state index contributed by atoms with van der Waals surface area (Å²) >= 11 is 0. The third-order valence-corrected chi connectivity index (χ3v) is 3.88. The van der Waals surface area contributed by atoms with Gasteiger partial charge in [-0.25, -0.2) is 14.4 Å². The molecule has 138 valence electrons. The fourth-order valence-corrected chi connectivity index (χ4v) is 2.50. The zero-order valence-electron chi connectivity index (χ0n) is 14.8. The second-order valence-electron chi connectivity index (χ2n) is 5.74. The van der Waals surface area contributed by atoms with Crippen molar-refractivity contribution in [1.82, 2.24) is 9.97 Å². The minimum atomic E-state index is -0.408. The van der Waals surface area contributed by atoms with Crippen molar-refractivity contribution in [2.75, 3.05) is 24.3 Å². The Bertz CT molecular complexity index is 899. The highest BCUT2D eigenvalue weighted by Crippen LogP contribution is 2.17. The predicted molar refractivity (Wildman–Crippen MR) is 102 cm³/mol. The standard InChI is InChI=1S/C20H19FN4O2/c1-27-18-5-3-2-4-14(18)10-11-22-19-13-23-17(12-24-19)20(26)25-16-8-6-15(21)7-9-16/h2-9,12-13H,10-11H2,1H3,(H,22,24)(H,25,26). The number of nitrogens with one attached hydrogen (secondary N) is 2. The smallest absolute Gasteiger partial charge is 0.275 e. The van der Waals surface area contributed by atoms with Crippen LogP contribution in [0.5, 0.6) is 5.75 Å². The predicted octanol–water partition coefficient (Wildman–Crippen LogP) is 3.53. The Balaban J connectivity index is 1.53. The van der Waals surface area contributed by atoms with Gasteiger partial charge in [-0.3, -0.25) is 4.79 Å². The molecule has 0 atom stereocenters. The number of methoxy groups -OCH3 is 1. The number of para-hydroxylation sites is 1. The number of carbonyl (C=O) groups excluding carboxylic acids is 1. The van der Waals surface area contributed by atoms with Crippen LogP contribution in [0.2, 0.25) is 0 Å². The number of carbonyl (C=O) groups is 1. The summed E-state index contributed by atoms with van der Waals surface area (Å²) in [5.74, 6) is 0.646. The van der Waals surface area contributed by atoms with Crippen LogP contribution >= 0.6 is 0 Å². The van der Waals surface area contributed by atoms with E-state index in [1.54, 1.807) is 7.11 Å². The average molecular weight is 366 g/mol. The van der Waals surface area contributed by atoms with E-state index in [4.69, 9.17) is 4.74 Å². The lowest BCUT2D eigenvalue weighted by Crippen LogP contribution is -2.15. The first-order valence-electron chi connectivity index (χ1n) is 8.40. The first kappa shape index (κ1) is 18.3. The Hall–Kier alpha value is -3.48. The molecule has 6 nitrogen and oxygen atoms in total. The molecule has 0 spiro atoms. The molecule has 7 heteroatoms. The molecule has 0 saturated carbocycles. The van der Waals surface area contributed by atoms with Crippen molar-refractivity contribution in [2.45, 2.75) is 6.42 Å². The lowest BCUT2D eigenvalue weighted by Gasteiger charge is -2.09. The Morgan fingerprint density at radius 2 is 1.85 bits per heavy atom. The van der Waals surface area contributed by atoms with Crippen molar-refractivity contribution in [3.63, 3.8) is 0 Å². The molecular weight excluding hydrogens is 347 g/mol. The van der Waals surface area contributed by atoms with Crippen LogP contribution in [-0.2, 0) is 6.42 Å². The van der Waals surface area contributed by atoms with Gasteiger partial charge in [-0.2, -0.15) is 0 Å². The fraction of sp³-hybridized carbons (Fsp3) is 0.150. The number of nitrogens with zero attached hydrogens (tertiary/aromatic N) is 2. The van der Waals surface area contributed by atoms with Crippen LogP contribution in [0.15, 0.2) is 60.9 Å². The minimum Gasteiger partial charge on any atom is -0.496 e. The van der Waals surface area contributed by atoms with Gasteiger partial charge in [0.25, 0.3) is 5.91 Å². The lowest BCUT2D eigenvalue weighted by molar-refractivity contribution is 0.102. The van der Waals surface area contributed by atoms with E-state index >= 15 is 0 Å². The Kier molecular flexibility index (Phi) is 5.94. The zero-order valence-corrected chi connectivity index (χ0v) is 14.8. The second kappa shape index (κ2) is 8.75. The van der Waals surface area contributed by atoms with Gasteiger partial charge in [-0.1, -0.05) is 18.2 Å². The number of hydrogen-bond donors (Lipinski definition) is 2. The summed E-state index contributed by atoms with van der Waals surface area (Å²) in [4.78, 5) is 20.5. The minimum absolute atomic E-state index is 0.176. The molecule has 27 heavy (non-hydrogen) atoms. The van der Waals surface area contributed by atoms with Gasteiger partial charge < -0.3 is 15.4 Å². The Labute approximate surface area is 156 Å². The van der Waals surface area contributed by atoms with Crippen LogP contribution in [0.4, 0.5) is 15.9 Å². The summed E-state index contributed by atoms with van der Waals surface area (Å²) in [6.07, 6.45) is 3.66. The van der Waals surface area contributed by atoms with Crippen LogP contribution in [-0.4, -0.2) is 29.5 Å². The van der Waals surface area contributed by atoms with E-state index in [1.807, 2.05) is 24.3 Å². The van der Waals surface area contributed by atoms with Gasteiger partial charge in [0.1, 0.15) is 23.1 Å². The van der Waals surface area contributed by atoms with E-state index in [9.17, 15) is 9.18 Å². The summed E-state index contributed by atoms with van der Waals surface area (Å²) in [5.41, 5.74) is 1.76. The zero-order chi connectivity index (χ0) is 19.1. The normalized spacial score (nSPS) is 10.3. The van der Waals surface area contributed by atoms with Gasteiger partial charge in [0.2, 0.25) is 0 Å². The maximum Gasteiger partial charge on any atom is 0.275 e. The SMILES string of the molecule is COc1ccccc1CCNc1cnc(C(=O)Nc2ccc(F)cc2)cn1. The number of aromatic nitrogens is 2. The fourth-order valence-electron chi connectivity index (χ4n) is 2.50. The second-order valence-corrected chi connectivity index (χ2v) is 5.74. The van der Waals surface area contributed by atoms with Crippen molar-refractivity contribution in [3.05, 3.63) is 78.0 Å². The van der Waals surface area contributed by atoms with Crippen LogP contribution in [0.25, 0.3) is 0 Å². The van der Waals surface area contributed by atoms with E-state index in [-0.39, 0.29) is 11.5 Å². The van der Waals surface area contributed by atoms with Crippen molar-refractivity contribution in [2.24, 2.45) is 0 Å². The number of anilines is 2. The summed E-state index contributed by atoms with van der Waals surface area (Å²) in [6, 6.07) is 13.3. The molecule has 1 amide bonds. The van der Waals surface area contributed by atoms with Crippen molar-refractivity contribution < 1.29 is 13.9 Å². The quantitative estimate of drug-likeness (QED) is 0.669. The maximum absolute atomic E-state index is 12.9. The average Bonchev–Trinajstić information content (AvgIpc) is 2.70. The van der Waals surface area contributed by atoms with E-state index in [0.29, 0.717) is 18.1 Å². The molecule has 0 fully saturated rings. The van der Waals surface area contributed by atoms with Gasteiger partial charge in [-0.05, 0) is 42.3 Å². The number of halogens is 1. The monoisotopic (exact) mass is 366 g/mol. The molecule has 2 aromatic carbocycles. The first-order valence-corrected chi connectivity index (χ1v) is 8.40. The summed E-state index contributed by atoms with van der Waals surface area (Å²) in [7, 11) is 1.65.